The van der Waals surface area contributed by atoms with E-state index in [4.69, 9.17) is 10.3 Å². The Kier molecular flexibility index (Phi) is 16.4. The molecule has 1 rings (SSSR count). The summed E-state index contributed by atoms with van der Waals surface area (Å²) in [5.41, 5.74) is 4.17. The minimum atomic E-state index is -1.82. The number of nitrogens with one attached hydrogen (secondary N) is 4. The number of nitrogens with zero attached hydrogens (tertiary/aromatic N) is 1. The Labute approximate surface area is 270 Å². The Morgan fingerprint density at radius 2 is 1.67 bits per heavy atom. The van der Waals surface area contributed by atoms with Crippen LogP contribution >= 0.6 is 0 Å². The van der Waals surface area contributed by atoms with Crippen LogP contribution in [0.2, 0.25) is 0 Å². The van der Waals surface area contributed by atoms with Crippen molar-refractivity contribution in [1.82, 2.24) is 26.2 Å². The van der Waals surface area contributed by atoms with E-state index in [2.05, 4.69) is 27.8 Å². The second-order valence-electron chi connectivity index (χ2n) is 13.9. The predicted molar refractivity (Wildman–Crippen MR) is 175 cm³/mol. The lowest BCUT2D eigenvalue weighted by molar-refractivity contribution is -0.144. The number of hydrogen-bond acceptors (Lipinski definition) is 7. The number of rotatable bonds is 18. The Morgan fingerprint density at radius 1 is 1.02 bits per heavy atom. The molecule has 14 heteroatoms. The van der Waals surface area contributed by atoms with E-state index in [1.54, 1.807) is 6.08 Å². The highest BCUT2D eigenvalue weighted by Crippen LogP contribution is 2.30. The largest absolute Gasteiger partial charge is 0.363 e. The van der Waals surface area contributed by atoms with Gasteiger partial charge in [0.05, 0.1) is 6.04 Å². The first kappa shape index (κ1) is 40.2. The zero-order chi connectivity index (χ0) is 34.5. The molecular formula is C31H56N6O7S. The van der Waals surface area contributed by atoms with E-state index in [9.17, 15) is 28.2 Å². The number of Topliss-reactive ketones (excluding diaryl/α,β-unsaturated/α-hetero) is 1. The Balaban J connectivity index is 3.11. The van der Waals surface area contributed by atoms with Crippen LogP contribution < -0.4 is 27.0 Å². The van der Waals surface area contributed by atoms with Crippen LogP contribution in [0.1, 0.15) is 87.0 Å². The highest BCUT2D eigenvalue weighted by atomic mass is 32.2. The summed E-state index contributed by atoms with van der Waals surface area (Å²) < 4.78 is 19.8. The standard InChI is InChI=1S/C31H56N6O7S/c1-9-11-14-21(24(38)26(32)39)34-27(40)23-20(10-2)15-17-37(23)28(41)25(31(6,7)8)36-29(42)35-22(30(3,4)5)19-33-16-12-13-18-45(43)44/h10,20-23,25,33H,2,9,11-19H2,1,3-8H3,(H2,32,39)(H,34,40)(H,43,44)(H2,35,36,42)/t20?,21?,22-,23+,25-/m1/s1. The summed E-state index contributed by atoms with van der Waals surface area (Å²) in [4.78, 5) is 66.5. The van der Waals surface area contributed by atoms with Crippen molar-refractivity contribution in [2.24, 2.45) is 22.5 Å². The highest BCUT2D eigenvalue weighted by molar-refractivity contribution is 7.79. The lowest BCUT2D eigenvalue weighted by atomic mass is 9.85. The molecule has 3 unspecified atom stereocenters. The molecule has 13 nitrogen and oxygen atoms in total. The van der Waals surface area contributed by atoms with Crippen LogP contribution in [0.4, 0.5) is 4.79 Å². The van der Waals surface area contributed by atoms with E-state index < -0.39 is 70.1 Å². The molecule has 0 radical (unpaired) electrons. The molecule has 0 saturated carbocycles. The van der Waals surface area contributed by atoms with Crippen molar-refractivity contribution in [2.75, 3.05) is 25.4 Å². The van der Waals surface area contributed by atoms with Gasteiger partial charge in [0.2, 0.25) is 17.6 Å². The van der Waals surface area contributed by atoms with Gasteiger partial charge in [0, 0.05) is 30.8 Å². The van der Waals surface area contributed by atoms with E-state index >= 15 is 0 Å². The van der Waals surface area contributed by atoms with E-state index in [0.29, 0.717) is 38.8 Å². The zero-order valence-corrected chi connectivity index (χ0v) is 28.9. The Bertz CT molecular complexity index is 1070. The van der Waals surface area contributed by atoms with Gasteiger partial charge < -0.3 is 36.5 Å². The molecular weight excluding hydrogens is 600 g/mol. The smallest absolute Gasteiger partial charge is 0.315 e. The second kappa shape index (κ2) is 18.3. The molecule has 1 heterocycles. The van der Waals surface area contributed by atoms with Crippen molar-refractivity contribution in [1.29, 1.82) is 0 Å². The highest BCUT2D eigenvalue weighted by Gasteiger charge is 2.46. The van der Waals surface area contributed by atoms with Gasteiger partial charge in [0.15, 0.2) is 11.1 Å². The summed E-state index contributed by atoms with van der Waals surface area (Å²) in [5, 5.41) is 11.8. The molecule has 0 aromatic heterocycles. The van der Waals surface area contributed by atoms with Gasteiger partial charge in [-0.3, -0.25) is 19.2 Å². The van der Waals surface area contributed by atoms with Crippen LogP contribution in [0, 0.1) is 16.7 Å². The molecule has 0 aliphatic carbocycles. The monoisotopic (exact) mass is 656 g/mol. The number of hydrogen-bond donors (Lipinski definition) is 6. The molecule has 0 spiro atoms. The lowest BCUT2D eigenvalue weighted by Gasteiger charge is -2.37. The fraction of sp³-hybridized carbons (Fsp3) is 0.774. The summed E-state index contributed by atoms with van der Waals surface area (Å²) in [6, 6.07) is -3.91. The average molecular weight is 657 g/mol. The minimum Gasteiger partial charge on any atom is -0.363 e. The molecule has 1 aliphatic heterocycles. The molecule has 0 aromatic carbocycles. The number of likely N-dealkylation sites (tertiary alicyclic amines) is 1. The summed E-state index contributed by atoms with van der Waals surface area (Å²) in [6.45, 7) is 18.5. The first-order chi connectivity index (χ1) is 20.8. The third kappa shape index (κ3) is 13.2. The number of carbonyl (C=O) groups is 5. The van der Waals surface area contributed by atoms with Gasteiger partial charge in [0.25, 0.3) is 5.91 Å². The summed E-state index contributed by atoms with van der Waals surface area (Å²) >= 11 is -1.82. The van der Waals surface area contributed by atoms with Gasteiger partial charge in [-0.15, -0.1) is 6.58 Å². The fourth-order valence-corrected chi connectivity index (χ4v) is 5.64. The van der Waals surface area contributed by atoms with Crippen molar-refractivity contribution in [3.05, 3.63) is 12.7 Å². The van der Waals surface area contributed by atoms with Gasteiger partial charge >= 0.3 is 6.03 Å². The molecule has 7 N–H and O–H groups in total. The SMILES string of the molecule is C=CC1CCN(C(=O)[C@@H](NC(=O)N[C@H](CNCCCCS(=O)O)C(C)(C)C)C(C)(C)C)[C@@H]1C(=O)NC(CCCC)C(=O)C(N)=O. The number of nitrogens with two attached hydrogens (primary N) is 1. The molecule has 0 bridgehead atoms. The maximum Gasteiger partial charge on any atom is 0.315 e. The number of ketones is 1. The first-order valence-corrected chi connectivity index (χ1v) is 17.0. The third-order valence-electron chi connectivity index (χ3n) is 8.03. The van der Waals surface area contributed by atoms with Crippen molar-refractivity contribution in [2.45, 2.75) is 111 Å². The summed E-state index contributed by atoms with van der Waals surface area (Å²) in [6.07, 6.45) is 4.94. The Morgan fingerprint density at radius 3 is 2.18 bits per heavy atom. The van der Waals surface area contributed by atoms with Crippen LogP contribution in [0.25, 0.3) is 0 Å². The van der Waals surface area contributed by atoms with Gasteiger partial charge in [-0.2, -0.15) is 0 Å². The summed E-state index contributed by atoms with van der Waals surface area (Å²) in [5.74, 6) is -3.23. The summed E-state index contributed by atoms with van der Waals surface area (Å²) in [7, 11) is 0. The number of carbonyl (C=O) groups excluding carboxylic acids is 5. The Hall–Kier alpha value is -2.84. The topological polar surface area (TPSA) is 200 Å². The van der Waals surface area contributed by atoms with Crippen molar-refractivity contribution < 1.29 is 32.7 Å². The van der Waals surface area contributed by atoms with Gasteiger partial charge in [-0.1, -0.05) is 67.4 Å². The van der Waals surface area contributed by atoms with Crippen molar-refractivity contribution in [3.63, 3.8) is 0 Å². The van der Waals surface area contributed by atoms with Gasteiger partial charge in [0.1, 0.15) is 12.1 Å². The van der Waals surface area contributed by atoms with Gasteiger partial charge in [-0.05, 0) is 43.1 Å². The van der Waals surface area contributed by atoms with Crippen LogP contribution in [-0.2, 0) is 30.3 Å². The van der Waals surface area contributed by atoms with E-state index in [1.165, 1.54) is 4.90 Å². The lowest BCUT2D eigenvalue weighted by Crippen LogP contribution is -2.62. The third-order valence-corrected chi connectivity index (χ3v) is 8.67. The average Bonchev–Trinajstić information content (AvgIpc) is 3.37. The molecule has 1 aliphatic rings. The zero-order valence-electron chi connectivity index (χ0n) is 28.1. The van der Waals surface area contributed by atoms with E-state index in [0.717, 1.165) is 6.42 Å². The molecule has 1 saturated heterocycles. The normalized spacial score (nSPS) is 19.6. The quantitative estimate of drug-likeness (QED) is 0.0555. The predicted octanol–water partition coefficient (Wildman–Crippen LogP) is 1.84. The fourth-order valence-electron chi connectivity index (χ4n) is 5.19. The second-order valence-corrected chi connectivity index (χ2v) is 14.9. The van der Waals surface area contributed by atoms with Crippen LogP contribution in [0.3, 0.4) is 0 Å². The molecule has 6 atom stereocenters. The minimum absolute atomic E-state index is 0.214. The van der Waals surface area contributed by atoms with Crippen LogP contribution in [0.15, 0.2) is 12.7 Å². The maximum atomic E-state index is 14.1. The molecule has 0 aromatic rings. The number of unbranched alkanes of at least 4 members (excludes halogenated alkanes) is 2. The first-order valence-electron chi connectivity index (χ1n) is 15.8. The van der Waals surface area contributed by atoms with Crippen molar-refractivity contribution >= 4 is 40.6 Å². The molecule has 258 valence electrons. The van der Waals surface area contributed by atoms with Crippen molar-refractivity contribution in [3.8, 4) is 0 Å². The molecule has 5 amide bonds. The van der Waals surface area contributed by atoms with Gasteiger partial charge in [-0.25, -0.2) is 9.00 Å². The number of primary amides is 1. The molecule has 1 fully saturated rings. The molecule has 45 heavy (non-hydrogen) atoms. The number of urea groups is 1. The maximum absolute atomic E-state index is 14.1. The van der Waals surface area contributed by atoms with E-state index in [1.807, 2.05) is 48.5 Å². The van der Waals surface area contributed by atoms with E-state index in [-0.39, 0.29) is 30.2 Å². The number of amides is 5. The van der Waals surface area contributed by atoms with Crippen LogP contribution in [-0.4, -0.2) is 92.8 Å². The van der Waals surface area contributed by atoms with Crippen LogP contribution in [0.5, 0.6) is 0 Å².